The summed E-state index contributed by atoms with van der Waals surface area (Å²) in [7, 11) is 1.65. The number of carboxylic acids is 1. The third-order valence-corrected chi connectivity index (χ3v) is 2.10. The molecular weight excluding hydrogens is 236 g/mol. The van der Waals surface area contributed by atoms with Gasteiger partial charge >= 0.3 is 5.97 Å². The third-order valence-electron chi connectivity index (χ3n) is 2.10. The number of aromatic nitrogens is 3. The van der Waals surface area contributed by atoms with Crippen LogP contribution >= 0.6 is 0 Å². The van der Waals surface area contributed by atoms with Crippen LogP contribution in [0, 0.1) is 5.41 Å². The number of aliphatic carboxylic acids is 1. The third kappa shape index (κ3) is 4.15. The van der Waals surface area contributed by atoms with Gasteiger partial charge in [-0.3, -0.25) is 14.3 Å². The molecule has 1 aromatic rings. The van der Waals surface area contributed by atoms with Crippen LogP contribution in [0.15, 0.2) is 6.20 Å². The Morgan fingerprint density at radius 3 is 2.44 bits per heavy atom. The fourth-order valence-corrected chi connectivity index (χ4v) is 1.54. The largest absolute Gasteiger partial charge is 0.480 e. The van der Waals surface area contributed by atoms with E-state index in [9.17, 15) is 9.59 Å². The van der Waals surface area contributed by atoms with Crippen LogP contribution in [0.3, 0.4) is 0 Å². The number of amides is 1. The Balaban J connectivity index is 2.88. The molecule has 7 heteroatoms. The minimum atomic E-state index is -1.04. The van der Waals surface area contributed by atoms with E-state index < -0.39 is 11.9 Å². The molecule has 0 aliphatic carbocycles. The van der Waals surface area contributed by atoms with Crippen LogP contribution in [0.4, 0.5) is 0 Å². The van der Waals surface area contributed by atoms with Crippen molar-refractivity contribution in [2.45, 2.75) is 20.8 Å². The maximum atomic E-state index is 12.1. The van der Waals surface area contributed by atoms with Crippen LogP contribution < -0.4 is 0 Å². The van der Waals surface area contributed by atoms with Gasteiger partial charge in [-0.15, -0.1) is 5.10 Å². The highest BCUT2D eigenvalue weighted by atomic mass is 16.4. The average molecular weight is 254 g/mol. The Morgan fingerprint density at radius 1 is 1.44 bits per heavy atom. The summed E-state index contributed by atoms with van der Waals surface area (Å²) in [4.78, 5) is 24.2. The van der Waals surface area contributed by atoms with E-state index in [1.54, 1.807) is 7.05 Å². The summed E-state index contributed by atoms with van der Waals surface area (Å²) in [5.41, 5.74) is -0.0316. The number of rotatable bonds is 4. The zero-order chi connectivity index (χ0) is 13.9. The van der Waals surface area contributed by atoms with Crippen molar-refractivity contribution < 1.29 is 14.7 Å². The number of carbonyl (C=O) groups excluding carboxylic acids is 1. The Kier molecular flexibility index (Phi) is 4.05. The standard InChI is InChI=1S/C11H18N4O3/c1-11(2,3)7-15(6-9(16)17)10(18)8-5-14(4)13-12-8/h5H,6-7H2,1-4H3,(H,16,17). The van der Waals surface area contributed by atoms with Gasteiger partial charge in [-0.05, 0) is 5.41 Å². The normalized spacial score (nSPS) is 11.3. The van der Waals surface area contributed by atoms with Crippen LogP contribution in [-0.2, 0) is 11.8 Å². The lowest BCUT2D eigenvalue weighted by atomic mass is 9.96. The Morgan fingerprint density at radius 2 is 2.06 bits per heavy atom. The lowest BCUT2D eigenvalue weighted by Gasteiger charge is -2.28. The molecule has 0 atom stereocenters. The summed E-state index contributed by atoms with van der Waals surface area (Å²) in [6.07, 6.45) is 1.47. The molecule has 0 aromatic carbocycles. The van der Waals surface area contributed by atoms with E-state index in [-0.39, 0.29) is 17.7 Å². The van der Waals surface area contributed by atoms with E-state index in [1.807, 2.05) is 20.8 Å². The van der Waals surface area contributed by atoms with E-state index in [4.69, 9.17) is 5.11 Å². The lowest BCUT2D eigenvalue weighted by molar-refractivity contribution is -0.138. The van der Waals surface area contributed by atoms with Gasteiger partial charge in [0, 0.05) is 13.6 Å². The summed E-state index contributed by atoms with van der Waals surface area (Å²) in [5.74, 6) is -1.46. The maximum absolute atomic E-state index is 12.1. The molecule has 7 nitrogen and oxygen atoms in total. The second-order valence-electron chi connectivity index (χ2n) is 5.39. The van der Waals surface area contributed by atoms with Crippen LogP contribution in [0.5, 0.6) is 0 Å². The molecule has 1 rings (SSSR count). The molecule has 0 aliphatic rings. The van der Waals surface area contributed by atoms with Gasteiger partial charge in [-0.25, -0.2) is 0 Å². The summed E-state index contributed by atoms with van der Waals surface area (Å²) in [6, 6.07) is 0. The molecule has 1 aromatic heterocycles. The summed E-state index contributed by atoms with van der Waals surface area (Å²) in [5, 5.41) is 16.2. The highest BCUT2D eigenvalue weighted by Crippen LogP contribution is 2.16. The minimum absolute atomic E-state index is 0.156. The Labute approximate surface area is 105 Å². The highest BCUT2D eigenvalue weighted by Gasteiger charge is 2.25. The van der Waals surface area contributed by atoms with Crippen molar-refractivity contribution in [2.24, 2.45) is 12.5 Å². The van der Waals surface area contributed by atoms with Crippen LogP contribution in [-0.4, -0.2) is 50.0 Å². The number of carbonyl (C=O) groups is 2. The van der Waals surface area contributed by atoms with Crippen molar-refractivity contribution >= 4 is 11.9 Å². The lowest BCUT2D eigenvalue weighted by Crippen LogP contribution is -2.41. The molecule has 0 aliphatic heterocycles. The van der Waals surface area contributed by atoms with Gasteiger partial charge in [0.25, 0.3) is 5.91 Å². The van der Waals surface area contributed by atoms with E-state index in [0.29, 0.717) is 6.54 Å². The number of aryl methyl sites for hydroxylation is 1. The average Bonchev–Trinajstić information content (AvgIpc) is 2.59. The number of hydrogen-bond donors (Lipinski definition) is 1. The molecule has 0 radical (unpaired) electrons. The molecule has 0 saturated carbocycles. The Hall–Kier alpha value is -1.92. The SMILES string of the molecule is Cn1cc(C(=O)N(CC(=O)O)CC(C)(C)C)nn1. The van der Waals surface area contributed by atoms with Crippen molar-refractivity contribution in [2.75, 3.05) is 13.1 Å². The van der Waals surface area contributed by atoms with Crippen molar-refractivity contribution in [3.8, 4) is 0 Å². The Bertz CT molecular complexity index is 447. The smallest absolute Gasteiger partial charge is 0.323 e. The van der Waals surface area contributed by atoms with E-state index in [2.05, 4.69) is 10.3 Å². The number of carboxylic acid groups (broad SMARTS) is 1. The molecule has 0 bridgehead atoms. The van der Waals surface area contributed by atoms with Crippen molar-refractivity contribution in [3.63, 3.8) is 0 Å². The van der Waals surface area contributed by atoms with Gasteiger partial charge < -0.3 is 10.0 Å². The van der Waals surface area contributed by atoms with Gasteiger partial charge in [0.15, 0.2) is 5.69 Å². The van der Waals surface area contributed by atoms with E-state index >= 15 is 0 Å². The predicted molar refractivity (Wildman–Crippen MR) is 64.0 cm³/mol. The summed E-state index contributed by atoms with van der Waals surface area (Å²) < 4.78 is 1.41. The quantitative estimate of drug-likeness (QED) is 0.839. The van der Waals surface area contributed by atoms with Crippen LogP contribution in [0.1, 0.15) is 31.3 Å². The monoisotopic (exact) mass is 254 g/mol. The van der Waals surface area contributed by atoms with Crippen molar-refractivity contribution in [3.05, 3.63) is 11.9 Å². The molecular formula is C11H18N4O3. The molecule has 1 heterocycles. The molecule has 0 saturated heterocycles. The molecule has 0 fully saturated rings. The first kappa shape index (κ1) is 14.1. The first-order valence-corrected chi connectivity index (χ1v) is 5.56. The highest BCUT2D eigenvalue weighted by molar-refractivity contribution is 5.93. The number of hydrogen-bond acceptors (Lipinski definition) is 4. The molecule has 1 N–H and O–H groups in total. The fourth-order valence-electron chi connectivity index (χ4n) is 1.54. The van der Waals surface area contributed by atoms with E-state index in [1.165, 1.54) is 15.8 Å². The summed E-state index contributed by atoms with van der Waals surface area (Å²) in [6.45, 7) is 5.81. The molecule has 100 valence electrons. The van der Waals surface area contributed by atoms with Gasteiger partial charge in [-0.2, -0.15) is 0 Å². The zero-order valence-electron chi connectivity index (χ0n) is 11.0. The molecule has 18 heavy (non-hydrogen) atoms. The van der Waals surface area contributed by atoms with Crippen LogP contribution in [0.2, 0.25) is 0 Å². The first-order valence-electron chi connectivity index (χ1n) is 5.56. The van der Waals surface area contributed by atoms with Crippen molar-refractivity contribution in [1.29, 1.82) is 0 Å². The second kappa shape index (κ2) is 5.16. The molecule has 0 unspecified atom stereocenters. The van der Waals surface area contributed by atoms with Gasteiger partial charge in [0.2, 0.25) is 0 Å². The molecule has 1 amide bonds. The second-order valence-corrected chi connectivity index (χ2v) is 5.39. The van der Waals surface area contributed by atoms with Gasteiger partial charge in [0.1, 0.15) is 6.54 Å². The molecule has 0 spiro atoms. The fraction of sp³-hybridized carbons (Fsp3) is 0.636. The summed E-state index contributed by atoms with van der Waals surface area (Å²) >= 11 is 0. The topological polar surface area (TPSA) is 88.3 Å². The number of nitrogens with zero attached hydrogens (tertiary/aromatic N) is 4. The van der Waals surface area contributed by atoms with Gasteiger partial charge in [-0.1, -0.05) is 26.0 Å². The minimum Gasteiger partial charge on any atom is -0.480 e. The zero-order valence-corrected chi connectivity index (χ0v) is 11.0. The predicted octanol–water partition coefficient (Wildman–Crippen LogP) is 0.388. The van der Waals surface area contributed by atoms with Gasteiger partial charge in [0.05, 0.1) is 6.20 Å². The van der Waals surface area contributed by atoms with E-state index in [0.717, 1.165) is 0 Å². The van der Waals surface area contributed by atoms with Crippen molar-refractivity contribution in [1.82, 2.24) is 19.9 Å². The first-order chi connectivity index (χ1) is 8.19. The van der Waals surface area contributed by atoms with Crippen LogP contribution in [0.25, 0.3) is 0 Å². The maximum Gasteiger partial charge on any atom is 0.323 e.